The van der Waals surface area contributed by atoms with Gasteiger partial charge in [-0.2, -0.15) is 0 Å². The molecule has 0 aliphatic rings. The van der Waals surface area contributed by atoms with Gasteiger partial charge in [0, 0.05) is 37.2 Å². The average Bonchev–Trinajstić information content (AvgIpc) is 2.46. The third-order valence-electron chi connectivity index (χ3n) is 3.41. The number of ketones is 2. The SMILES string of the molecule is CCN(CC)c1ccc2cc(C(=O)C(C)=O)c(=O)oc2c1. The second kappa shape index (κ2) is 5.91. The van der Waals surface area contributed by atoms with E-state index in [1.165, 1.54) is 6.07 Å². The van der Waals surface area contributed by atoms with E-state index in [0.717, 1.165) is 25.7 Å². The van der Waals surface area contributed by atoms with Crippen LogP contribution in [-0.4, -0.2) is 24.7 Å². The standard InChI is InChI=1S/C16H17NO4/c1-4-17(5-2)12-7-6-11-8-13(15(19)10(3)18)16(20)21-14(11)9-12/h6-9H,4-5H2,1-3H3. The lowest BCUT2D eigenvalue weighted by molar-refractivity contribution is -0.113. The zero-order valence-electron chi connectivity index (χ0n) is 12.3. The van der Waals surface area contributed by atoms with Crippen molar-refractivity contribution in [3.63, 3.8) is 0 Å². The van der Waals surface area contributed by atoms with E-state index in [9.17, 15) is 14.4 Å². The molecule has 0 aliphatic heterocycles. The highest BCUT2D eigenvalue weighted by Gasteiger charge is 2.18. The second-order valence-corrected chi connectivity index (χ2v) is 4.73. The minimum Gasteiger partial charge on any atom is -0.422 e. The first kappa shape index (κ1) is 15.0. The van der Waals surface area contributed by atoms with Crippen molar-refractivity contribution in [1.82, 2.24) is 0 Å². The number of carbonyl (C=O) groups excluding carboxylic acids is 2. The number of rotatable bonds is 5. The van der Waals surface area contributed by atoms with Crippen LogP contribution in [0.15, 0.2) is 33.5 Å². The number of carbonyl (C=O) groups is 2. The summed E-state index contributed by atoms with van der Waals surface area (Å²) in [6.07, 6.45) is 0. The first-order valence-corrected chi connectivity index (χ1v) is 6.86. The number of hydrogen-bond donors (Lipinski definition) is 0. The Kier molecular flexibility index (Phi) is 4.21. The van der Waals surface area contributed by atoms with E-state index in [2.05, 4.69) is 4.90 Å². The molecule has 0 aliphatic carbocycles. The van der Waals surface area contributed by atoms with Gasteiger partial charge >= 0.3 is 5.63 Å². The molecule has 1 aromatic heterocycles. The number of Topliss-reactive ketones (excluding diaryl/α,β-unsaturated/α-hetero) is 2. The Morgan fingerprint density at radius 1 is 1.14 bits per heavy atom. The number of anilines is 1. The molecule has 1 aromatic carbocycles. The van der Waals surface area contributed by atoms with Crippen LogP contribution in [0.3, 0.4) is 0 Å². The monoisotopic (exact) mass is 287 g/mol. The van der Waals surface area contributed by atoms with Crippen molar-refractivity contribution in [1.29, 1.82) is 0 Å². The molecule has 5 heteroatoms. The summed E-state index contributed by atoms with van der Waals surface area (Å²) in [5, 5.41) is 0.620. The topological polar surface area (TPSA) is 67.6 Å². The molecule has 0 amide bonds. The fraction of sp³-hybridized carbons (Fsp3) is 0.312. The molecule has 0 fully saturated rings. The van der Waals surface area contributed by atoms with E-state index in [4.69, 9.17) is 4.42 Å². The highest BCUT2D eigenvalue weighted by atomic mass is 16.4. The van der Waals surface area contributed by atoms with Crippen LogP contribution in [0.5, 0.6) is 0 Å². The zero-order valence-corrected chi connectivity index (χ0v) is 12.3. The Morgan fingerprint density at radius 3 is 2.38 bits per heavy atom. The molecule has 1 heterocycles. The summed E-state index contributed by atoms with van der Waals surface area (Å²) in [5.74, 6) is -1.50. The first-order chi connectivity index (χ1) is 9.97. The quantitative estimate of drug-likeness (QED) is 0.480. The van der Waals surface area contributed by atoms with E-state index in [-0.39, 0.29) is 5.56 Å². The third kappa shape index (κ3) is 2.86. The van der Waals surface area contributed by atoms with Gasteiger partial charge < -0.3 is 9.32 Å². The van der Waals surface area contributed by atoms with Crippen LogP contribution in [0, 0.1) is 0 Å². The number of fused-ring (bicyclic) bond motifs is 1. The molecule has 0 saturated carbocycles. The Hall–Kier alpha value is -2.43. The first-order valence-electron chi connectivity index (χ1n) is 6.86. The molecule has 5 nitrogen and oxygen atoms in total. The molecule has 0 atom stereocenters. The molecule has 0 spiro atoms. The molecule has 21 heavy (non-hydrogen) atoms. The Morgan fingerprint density at radius 2 is 1.81 bits per heavy atom. The lowest BCUT2D eigenvalue weighted by Gasteiger charge is -2.20. The van der Waals surface area contributed by atoms with Crippen molar-refractivity contribution in [3.8, 4) is 0 Å². The summed E-state index contributed by atoms with van der Waals surface area (Å²) in [4.78, 5) is 36.7. The largest absolute Gasteiger partial charge is 0.422 e. The van der Waals surface area contributed by atoms with Gasteiger partial charge in [0.25, 0.3) is 0 Å². The van der Waals surface area contributed by atoms with Gasteiger partial charge in [-0.1, -0.05) is 0 Å². The van der Waals surface area contributed by atoms with Gasteiger partial charge in [-0.3, -0.25) is 9.59 Å². The molecule has 0 N–H and O–H groups in total. The van der Waals surface area contributed by atoms with Crippen molar-refractivity contribution in [2.75, 3.05) is 18.0 Å². The highest BCUT2D eigenvalue weighted by Crippen LogP contribution is 2.22. The lowest BCUT2D eigenvalue weighted by Crippen LogP contribution is -2.22. The van der Waals surface area contributed by atoms with Gasteiger partial charge in [0.2, 0.25) is 11.6 Å². The van der Waals surface area contributed by atoms with Crippen molar-refractivity contribution in [3.05, 3.63) is 40.2 Å². The maximum absolute atomic E-state index is 11.8. The summed E-state index contributed by atoms with van der Waals surface area (Å²) in [7, 11) is 0. The van der Waals surface area contributed by atoms with E-state index < -0.39 is 17.2 Å². The van der Waals surface area contributed by atoms with Crippen LogP contribution in [-0.2, 0) is 4.79 Å². The lowest BCUT2D eigenvalue weighted by atomic mass is 10.1. The third-order valence-corrected chi connectivity index (χ3v) is 3.41. The Labute approximate surface area is 122 Å². The van der Waals surface area contributed by atoms with Gasteiger partial charge in [0.05, 0.1) is 0 Å². The predicted molar refractivity (Wildman–Crippen MR) is 81.1 cm³/mol. The molecule has 2 aromatic rings. The summed E-state index contributed by atoms with van der Waals surface area (Å²) in [6.45, 7) is 6.90. The fourth-order valence-electron chi connectivity index (χ4n) is 2.23. The van der Waals surface area contributed by atoms with Gasteiger partial charge in [0.1, 0.15) is 11.1 Å². The molecule has 2 rings (SSSR count). The molecule has 0 saturated heterocycles. The number of hydrogen-bond acceptors (Lipinski definition) is 5. The minimum atomic E-state index is -0.821. The fourth-order valence-corrected chi connectivity index (χ4v) is 2.23. The van der Waals surface area contributed by atoms with E-state index in [1.807, 2.05) is 19.9 Å². The molecule has 0 unspecified atom stereocenters. The predicted octanol–water partition coefficient (Wildman–Crippen LogP) is 2.41. The second-order valence-electron chi connectivity index (χ2n) is 4.73. The molecule has 0 bridgehead atoms. The summed E-state index contributed by atoms with van der Waals surface area (Å²) in [6, 6.07) is 6.86. The van der Waals surface area contributed by atoms with Gasteiger partial charge in [-0.15, -0.1) is 0 Å². The van der Waals surface area contributed by atoms with Crippen molar-refractivity contribution in [2.45, 2.75) is 20.8 Å². The summed E-state index contributed by atoms with van der Waals surface area (Å²) >= 11 is 0. The van der Waals surface area contributed by atoms with Gasteiger partial charge in [-0.05, 0) is 32.0 Å². The van der Waals surface area contributed by atoms with Crippen LogP contribution in [0.1, 0.15) is 31.1 Å². The minimum absolute atomic E-state index is 0.217. The van der Waals surface area contributed by atoms with Crippen LogP contribution >= 0.6 is 0 Å². The van der Waals surface area contributed by atoms with E-state index >= 15 is 0 Å². The van der Waals surface area contributed by atoms with Gasteiger partial charge in [0.15, 0.2) is 0 Å². The number of benzene rings is 1. The van der Waals surface area contributed by atoms with E-state index in [1.54, 1.807) is 12.1 Å². The van der Waals surface area contributed by atoms with Gasteiger partial charge in [-0.25, -0.2) is 4.79 Å². The van der Waals surface area contributed by atoms with Crippen LogP contribution in [0.25, 0.3) is 11.0 Å². The van der Waals surface area contributed by atoms with Crippen molar-refractivity contribution in [2.24, 2.45) is 0 Å². The van der Waals surface area contributed by atoms with Crippen molar-refractivity contribution >= 4 is 28.2 Å². The maximum atomic E-state index is 11.8. The van der Waals surface area contributed by atoms with Crippen LogP contribution in [0.4, 0.5) is 5.69 Å². The Bertz CT molecular complexity index is 756. The molecular weight excluding hydrogens is 270 g/mol. The molecule has 0 radical (unpaired) electrons. The summed E-state index contributed by atoms with van der Waals surface area (Å²) in [5.41, 5.74) is 0.357. The highest BCUT2D eigenvalue weighted by molar-refractivity contribution is 6.43. The maximum Gasteiger partial charge on any atom is 0.347 e. The Balaban J connectivity index is 2.57. The zero-order chi connectivity index (χ0) is 15.6. The van der Waals surface area contributed by atoms with Crippen LogP contribution < -0.4 is 10.5 Å². The smallest absolute Gasteiger partial charge is 0.347 e. The normalized spacial score (nSPS) is 10.6. The average molecular weight is 287 g/mol. The molecular formula is C16H17NO4. The molecule has 110 valence electrons. The summed E-state index contributed by atoms with van der Waals surface area (Å²) < 4.78 is 5.19. The number of nitrogens with zero attached hydrogens (tertiary/aromatic N) is 1. The van der Waals surface area contributed by atoms with Crippen LogP contribution in [0.2, 0.25) is 0 Å². The van der Waals surface area contributed by atoms with Crippen molar-refractivity contribution < 1.29 is 14.0 Å². The van der Waals surface area contributed by atoms with E-state index in [0.29, 0.717) is 11.0 Å².